The number of carbonyl (C=O) groups is 1. The van der Waals surface area contributed by atoms with Gasteiger partial charge in [0, 0.05) is 17.2 Å². The van der Waals surface area contributed by atoms with Crippen molar-refractivity contribution >= 4 is 17.7 Å². The lowest BCUT2D eigenvalue weighted by Gasteiger charge is -2.09. The molecule has 0 atom stereocenters. The van der Waals surface area contributed by atoms with Gasteiger partial charge < -0.3 is 10.1 Å². The average Bonchev–Trinajstić information content (AvgIpc) is 2.53. The number of amides is 1. The summed E-state index contributed by atoms with van der Waals surface area (Å²) in [5.41, 5.74) is 1.43. The molecule has 0 saturated carbocycles. The van der Waals surface area contributed by atoms with Crippen LogP contribution in [0.15, 0.2) is 47.4 Å². The number of hydrogen-bond donors (Lipinski definition) is 1. The van der Waals surface area contributed by atoms with Crippen molar-refractivity contribution in [3.8, 4) is 5.75 Å². The topological polar surface area (TPSA) is 38.3 Å². The Morgan fingerprint density at radius 3 is 2.64 bits per heavy atom. The maximum Gasteiger partial charge on any atom is 0.255 e. The molecular weight excluding hydrogens is 301 g/mol. The van der Waals surface area contributed by atoms with Gasteiger partial charge in [-0.1, -0.05) is 17.7 Å². The minimum Gasteiger partial charge on any atom is -0.496 e. The molecule has 0 aliphatic heterocycles. The quantitative estimate of drug-likeness (QED) is 0.652. The zero-order chi connectivity index (χ0) is 15.9. The van der Waals surface area contributed by atoms with Crippen molar-refractivity contribution in [1.29, 1.82) is 0 Å². The Morgan fingerprint density at radius 2 is 1.95 bits per heavy atom. The number of methoxy groups -OCH3 is 1. The Kier molecular flexibility index (Phi) is 5.83. The molecule has 0 radical (unpaired) electrons. The van der Waals surface area contributed by atoms with Crippen molar-refractivity contribution in [3.05, 3.63) is 59.4 Å². The molecule has 2 aromatic rings. The summed E-state index contributed by atoms with van der Waals surface area (Å²) in [6.07, 6.45) is 0. The van der Waals surface area contributed by atoms with Crippen LogP contribution in [0.4, 0.5) is 4.39 Å². The van der Waals surface area contributed by atoms with Gasteiger partial charge >= 0.3 is 0 Å². The van der Waals surface area contributed by atoms with Crippen LogP contribution in [-0.4, -0.2) is 25.3 Å². The fraction of sp³-hybridized carbons (Fsp3) is 0.235. The number of aryl methyl sites for hydroxylation is 1. The van der Waals surface area contributed by atoms with E-state index in [2.05, 4.69) is 29.6 Å². The van der Waals surface area contributed by atoms with Gasteiger partial charge in [-0.15, -0.1) is 11.8 Å². The van der Waals surface area contributed by atoms with Crippen LogP contribution in [-0.2, 0) is 0 Å². The molecule has 3 nitrogen and oxygen atoms in total. The summed E-state index contributed by atoms with van der Waals surface area (Å²) in [6, 6.07) is 12.1. The predicted octanol–water partition coefficient (Wildman–Crippen LogP) is 3.66. The fourth-order valence-electron chi connectivity index (χ4n) is 1.92. The van der Waals surface area contributed by atoms with Crippen molar-refractivity contribution in [1.82, 2.24) is 5.32 Å². The van der Waals surface area contributed by atoms with Crippen molar-refractivity contribution in [2.75, 3.05) is 19.4 Å². The fourth-order valence-corrected chi connectivity index (χ4v) is 2.69. The number of benzene rings is 2. The van der Waals surface area contributed by atoms with E-state index >= 15 is 0 Å². The van der Waals surface area contributed by atoms with Gasteiger partial charge in [0.1, 0.15) is 11.6 Å². The lowest BCUT2D eigenvalue weighted by Crippen LogP contribution is -2.26. The van der Waals surface area contributed by atoms with Gasteiger partial charge in [0.15, 0.2) is 0 Å². The summed E-state index contributed by atoms with van der Waals surface area (Å²) in [7, 11) is 1.46. The highest BCUT2D eigenvalue weighted by Crippen LogP contribution is 2.20. The number of hydrogen-bond acceptors (Lipinski definition) is 3. The third-order valence-electron chi connectivity index (χ3n) is 3.08. The summed E-state index contributed by atoms with van der Waals surface area (Å²) in [5.74, 6) is 0.317. The van der Waals surface area contributed by atoms with Crippen LogP contribution >= 0.6 is 11.8 Å². The zero-order valence-electron chi connectivity index (χ0n) is 12.6. The van der Waals surface area contributed by atoms with Crippen LogP contribution in [0.2, 0.25) is 0 Å². The van der Waals surface area contributed by atoms with E-state index in [0.29, 0.717) is 12.3 Å². The second-order valence-corrected chi connectivity index (χ2v) is 5.93. The third kappa shape index (κ3) is 4.49. The van der Waals surface area contributed by atoms with E-state index in [1.165, 1.54) is 30.9 Å². The number of carbonyl (C=O) groups excluding carboxylic acids is 1. The molecule has 0 aliphatic carbocycles. The Morgan fingerprint density at radius 1 is 1.23 bits per heavy atom. The Balaban J connectivity index is 1.85. The van der Waals surface area contributed by atoms with Crippen molar-refractivity contribution in [2.45, 2.75) is 11.8 Å². The molecule has 0 saturated heterocycles. The highest BCUT2D eigenvalue weighted by molar-refractivity contribution is 7.99. The first-order valence-electron chi connectivity index (χ1n) is 6.91. The molecule has 5 heteroatoms. The lowest BCUT2D eigenvalue weighted by atomic mass is 10.2. The van der Waals surface area contributed by atoms with Crippen molar-refractivity contribution in [3.63, 3.8) is 0 Å². The van der Waals surface area contributed by atoms with Crippen molar-refractivity contribution < 1.29 is 13.9 Å². The SMILES string of the molecule is COc1ccc(F)cc1C(=O)NCCSc1ccc(C)cc1. The molecular formula is C17H18FNO2S. The van der Waals surface area contributed by atoms with Gasteiger partial charge in [-0.3, -0.25) is 4.79 Å². The second-order valence-electron chi connectivity index (χ2n) is 4.76. The highest BCUT2D eigenvalue weighted by atomic mass is 32.2. The zero-order valence-corrected chi connectivity index (χ0v) is 13.4. The maximum absolute atomic E-state index is 13.2. The number of nitrogens with one attached hydrogen (secondary N) is 1. The van der Waals surface area contributed by atoms with Crippen LogP contribution in [0, 0.1) is 12.7 Å². The Bertz CT molecular complexity index is 644. The number of halogens is 1. The molecule has 2 aromatic carbocycles. The third-order valence-corrected chi connectivity index (χ3v) is 4.10. The largest absolute Gasteiger partial charge is 0.496 e. The minimum absolute atomic E-state index is 0.211. The van der Waals surface area contributed by atoms with Crippen LogP contribution in [0.1, 0.15) is 15.9 Å². The van der Waals surface area contributed by atoms with Gasteiger partial charge in [-0.25, -0.2) is 4.39 Å². The minimum atomic E-state index is -0.458. The monoisotopic (exact) mass is 319 g/mol. The first-order valence-corrected chi connectivity index (χ1v) is 7.90. The molecule has 2 rings (SSSR count). The van der Waals surface area contributed by atoms with Gasteiger partial charge in [-0.05, 0) is 37.3 Å². The van der Waals surface area contributed by atoms with Crippen LogP contribution in [0.25, 0.3) is 0 Å². The molecule has 22 heavy (non-hydrogen) atoms. The summed E-state index contributed by atoms with van der Waals surface area (Å²) < 4.78 is 18.3. The molecule has 0 spiro atoms. The maximum atomic E-state index is 13.2. The van der Waals surface area contributed by atoms with Gasteiger partial charge in [-0.2, -0.15) is 0 Å². The molecule has 116 valence electrons. The summed E-state index contributed by atoms with van der Waals surface area (Å²) in [5, 5.41) is 2.78. The average molecular weight is 319 g/mol. The Labute approximate surface area is 133 Å². The second kappa shape index (κ2) is 7.84. The van der Waals surface area contributed by atoms with E-state index in [1.54, 1.807) is 11.8 Å². The molecule has 1 N–H and O–H groups in total. The van der Waals surface area contributed by atoms with Crippen molar-refractivity contribution in [2.24, 2.45) is 0 Å². The van der Waals surface area contributed by atoms with Crippen LogP contribution in [0.5, 0.6) is 5.75 Å². The van der Waals surface area contributed by atoms with Gasteiger partial charge in [0.2, 0.25) is 0 Å². The smallest absolute Gasteiger partial charge is 0.255 e. The molecule has 0 aliphatic rings. The molecule has 0 heterocycles. The number of rotatable bonds is 6. The number of thioether (sulfide) groups is 1. The van der Waals surface area contributed by atoms with E-state index < -0.39 is 5.82 Å². The standard InChI is InChI=1S/C17H18FNO2S/c1-12-3-6-14(7-4-12)22-10-9-19-17(20)15-11-13(18)5-8-16(15)21-2/h3-8,11H,9-10H2,1-2H3,(H,19,20). The summed E-state index contributed by atoms with van der Waals surface area (Å²) >= 11 is 1.66. The molecule has 0 bridgehead atoms. The summed E-state index contributed by atoms with van der Waals surface area (Å²) in [4.78, 5) is 13.2. The predicted molar refractivity (Wildman–Crippen MR) is 87.2 cm³/mol. The summed E-state index contributed by atoms with van der Waals surface area (Å²) in [6.45, 7) is 2.54. The normalized spacial score (nSPS) is 10.3. The molecule has 0 aromatic heterocycles. The van der Waals surface area contributed by atoms with E-state index in [4.69, 9.17) is 4.74 Å². The number of ether oxygens (including phenoxy) is 1. The highest BCUT2D eigenvalue weighted by Gasteiger charge is 2.12. The van der Waals surface area contributed by atoms with Crippen LogP contribution < -0.4 is 10.1 Å². The first-order chi connectivity index (χ1) is 10.6. The first kappa shape index (κ1) is 16.4. The van der Waals surface area contributed by atoms with E-state index in [9.17, 15) is 9.18 Å². The van der Waals surface area contributed by atoms with E-state index in [-0.39, 0.29) is 11.5 Å². The van der Waals surface area contributed by atoms with E-state index in [1.807, 2.05) is 6.92 Å². The molecule has 0 unspecified atom stereocenters. The molecule has 1 amide bonds. The van der Waals surface area contributed by atoms with Crippen LogP contribution in [0.3, 0.4) is 0 Å². The Hall–Kier alpha value is -2.01. The van der Waals surface area contributed by atoms with Gasteiger partial charge in [0.05, 0.1) is 12.7 Å². The van der Waals surface area contributed by atoms with Gasteiger partial charge in [0.25, 0.3) is 5.91 Å². The molecule has 0 fully saturated rings. The lowest BCUT2D eigenvalue weighted by molar-refractivity contribution is 0.0952. The van der Waals surface area contributed by atoms with E-state index in [0.717, 1.165) is 10.6 Å².